The average molecular weight is 140 g/mol. The zero-order valence-corrected chi connectivity index (χ0v) is 5.44. The Bertz CT molecular complexity index is 193. The van der Waals surface area contributed by atoms with Gasteiger partial charge in [0.15, 0.2) is 0 Å². The first kappa shape index (κ1) is 6.73. The third-order valence-electron chi connectivity index (χ3n) is 0.869. The summed E-state index contributed by atoms with van der Waals surface area (Å²) in [5, 5.41) is 20.7. The molecule has 0 spiro atoms. The van der Waals surface area contributed by atoms with Crippen LogP contribution in [0.2, 0.25) is 0 Å². The number of nitrogens with zero attached hydrogens (tertiary/aromatic N) is 3. The Labute approximate surface area is 57.7 Å². The van der Waals surface area contributed by atoms with Crippen molar-refractivity contribution in [3.8, 4) is 0 Å². The molecular formula is C5H6N3O2-. The van der Waals surface area contributed by atoms with Gasteiger partial charge in [0, 0.05) is 0 Å². The summed E-state index contributed by atoms with van der Waals surface area (Å²) in [5.41, 5.74) is 0.154. The summed E-state index contributed by atoms with van der Waals surface area (Å²) in [5.74, 6) is -0.479. The Morgan fingerprint density at radius 2 is 2.60 bits per heavy atom. The molecule has 0 aliphatic carbocycles. The van der Waals surface area contributed by atoms with Crippen LogP contribution in [0.1, 0.15) is 6.92 Å². The SMILES string of the molecule is CCO/C([O-])=C1/C=NN=N1. The fourth-order valence-electron chi connectivity index (χ4n) is 0.479. The highest BCUT2D eigenvalue weighted by Crippen LogP contribution is 2.05. The standard InChI is InChI=1S/C5H7N3O2/c1-2-10-5(9)4-3-6-8-7-4/h3,9H,2H2,1H3/p-1/b5-4-. The van der Waals surface area contributed by atoms with Crippen molar-refractivity contribution in [3.63, 3.8) is 0 Å². The van der Waals surface area contributed by atoms with E-state index in [2.05, 4.69) is 20.2 Å². The van der Waals surface area contributed by atoms with E-state index in [1.807, 2.05) is 0 Å². The van der Waals surface area contributed by atoms with Crippen LogP contribution in [-0.2, 0) is 4.74 Å². The summed E-state index contributed by atoms with van der Waals surface area (Å²) in [7, 11) is 0. The van der Waals surface area contributed by atoms with Gasteiger partial charge < -0.3 is 9.84 Å². The van der Waals surface area contributed by atoms with Gasteiger partial charge in [-0.25, -0.2) is 0 Å². The second-order valence-electron chi connectivity index (χ2n) is 1.54. The molecule has 1 rings (SSSR count). The van der Waals surface area contributed by atoms with Gasteiger partial charge in [0.1, 0.15) is 5.70 Å². The first-order valence-corrected chi connectivity index (χ1v) is 2.82. The van der Waals surface area contributed by atoms with E-state index in [0.717, 1.165) is 0 Å². The second-order valence-corrected chi connectivity index (χ2v) is 1.54. The zero-order valence-electron chi connectivity index (χ0n) is 5.44. The van der Waals surface area contributed by atoms with Gasteiger partial charge in [-0.05, 0) is 11.8 Å². The van der Waals surface area contributed by atoms with E-state index < -0.39 is 5.95 Å². The molecule has 0 unspecified atom stereocenters. The Hall–Kier alpha value is -1.39. The molecule has 0 bridgehead atoms. The van der Waals surface area contributed by atoms with Crippen molar-refractivity contribution in [3.05, 3.63) is 11.6 Å². The molecule has 1 aliphatic rings. The molecule has 0 saturated carbocycles. The van der Waals surface area contributed by atoms with Crippen LogP contribution in [0, 0.1) is 0 Å². The summed E-state index contributed by atoms with van der Waals surface area (Å²) < 4.78 is 4.60. The highest BCUT2D eigenvalue weighted by Gasteiger charge is 1.97. The van der Waals surface area contributed by atoms with E-state index in [0.29, 0.717) is 6.61 Å². The molecule has 0 N–H and O–H groups in total. The maximum absolute atomic E-state index is 10.7. The molecule has 0 aromatic heterocycles. The molecule has 10 heavy (non-hydrogen) atoms. The molecule has 1 aliphatic heterocycles. The zero-order chi connectivity index (χ0) is 7.40. The lowest BCUT2D eigenvalue weighted by molar-refractivity contribution is -0.357. The number of rotatable bonds is 2. The number of hydrogen-bond acceptors (Lipinski definition) is 5. The monoisotopic (exact) mass is 140 g/mol. The highest BCUT2D eigenvalue weighted by molar-refractivity contribution is 5.78. The van der Waals surface area contributed by atoms with Crippen LogP contribution < -0.4 is 5.11 Å². The molecule has 0 saturated heterocycles. The van der Waals surface area contributed by atoms with Crippen LogP contribution in [0.5, 0.6) is 0 Å². The van der Waals surface area contributed by atoms with Crippen molar-refractivity contribution >= 4 is 6.21 Å². The van der Waals surface area contributed by atoms with Gasteiger partial charge in [0.05, 0.1) is 12.2 Å². The first-order valence-electron chi connectivity index (χ1n) is 2.82. The summed E-state index contributed by atoms with van der Waals surface area (Å²) in [6.45, 7) is 2.06. The Kier molecular flexibility index (Phi) is 1.99. The maximum atomic E-state index is 10.7. The third kappa shape index (κ3) is 1.31. The van der Waals surface area contributed by atoms with Gasteiger partial charge in [0.2, 0.25) is 0 Å². The Morgan fingerprint density at radius 1 is 1.80 bits per heavy atom. The van der Waals surface area contributed by atoms with Gasteiger partial charge in [-0.15, -0.1) is 10.2 Å². The Morgan fingerprint density at radius 3 is 3.10 bits per heavy atom. The number of hydrogen-bond donors (Lipinski definition) is 0. The van der Waals surface area contributed by atoms with Crippen LogP contribution in [0.4, 0.5) is 0 Å². The summed E-state index contributed by atoms with van der Waals surface area (Å²) in [6.07, 6.45) is 1.26. The van der Waals surface area contributed by atoms with Crippen molar-refractivity contribution in [2.24, 2.45) is 15.4 Å². The van der Waals surface area contributed by atoms with Crippen molar-refractivity contribution in [1.29, 1.82) is 0 Å². The second kappa shape index (κ2) is 2.95. The molecule has 5 nitrogen and oxygen atoms in total. The lowest BCUT2D eigenvalue weighted by atomic mass is 10.5. The van der Waals surface area contributed by atoms with Crippen LogP contribution in [-0.4, -0.2) is 12.8 Å². The quantitative estimate of drug-likeness (QED) is 0.506. The van der Waals surface area contributed by atoms with Crippen molar-refractivity contribution in [2.75, 3.05) is 6.61 Å². The van der Waals surface area contributed by atoms with E-state index in [1.165, 1.54) is 6.21 Å². The van der Waals surface area contributed by atoms with Crippen LogP contribution in [0.3, 0.4) is 0 Å². The highest BCUT2D eigenvalue weighted by atomic mass is 16.6. The molecule has 0 aromatic rings. The molecule has 0 fully saturated rings. The molecular weight excluding hydrogens is 134 g/mol. The average Bonchev–Trinajstić information content (AvgIpc) is 2.38. The predicted octanol–water partition coefficient (Wildman–Crippen LogP) is 0.00390. The topological polar surface area (TPSA) is 69.4 Å². The maximum Gasteiger partial charge on any atom is 0.129 e. The number of ether oxygens (including phenoxy) is 1. The Balaban J connectivity index is 2.65. The van der Waals surface area contributed by atoms with Crippen molar-refractivity contribution in [1.82, 2.24) is 0 Å². The molecule has 0 aromatic carbocycles. The van der Waals surface area contributed by atoms with Crippen LogP contribution >= 0.6 is 0 Å². The van der Waals surface area contributed by atoms with Crippen molar-refractivity contribution in [2.45, 2.75) is 6.92 Å². The normalized spacial score (nSPS) is 19.7. The molecule has 0 amide bonds. The molecule has 0 radical (unpaired) electrons. The summed E-state index contributed by atoms with van der Waals surface area (Å²) in [6, 6.07) is 0. The van der Waals surface area contributed by atoms with E-state index in [9.17, 15) is 5.11 Å². The first-order chi connectivity index (χ1) is 4.84. The van der Waals surface area contributed by atoms with Gasteiger partial charge >= 0.3 is 0 Å². The lowest BCUT2D eigenvalue weighted by Gasteiger charge is -2.11. The minimum absolute atomic E-state index is 0.154. The molecule has 54 valence electrons. The van der Waals surface area contributed by atoms with Gasteiger partial charge in [-0.2, -0.15) is 0 Å². The van der Waals surface area contributed by atoms with Crippen LogP contribution in [0.25, 0.3) is 0 Å². The van der Waals surface area contributed by atoms with Gasteiger partial charge in [-0.1, -0.05) is 6.92 Å². The van der Waals surface area contributed by atoms with E-state index in [1.54, 1.807) is 6.92 Å². The largest absolute Gasteiger partial charge is 0.612 e. The lowest BCUT2D eigenvalue weighted by Crippen LogP contribution is -2.10. The third-order valence-corrected chi connectivity index (χ3v) is 0.869. The molecule has 5 heteroatoms. The fourth-order valence-corrected chi connectivity index (χ4v) is 0.479. The molecule has 1 heterocycles. The van der Waals surface area contributed by atoms with E-state index in [-0.39, 0.29) is 5.70 Å². The predicted molar refractivity (Wildman–Crippen MR) is 32.0 cm³/mol. The van der Waals surface area contributed by atoms with Crippen LogP contribution in [0.15, 0.2) is 27.1 Å². The minimum atomic E-state index is -0.479. The van der Waals surface area contributed by atoms with Gasteiger partial charge in [0.25, 0.3) is 0 Å². The minimum Gasteiger partial charge on any atom is -0.612 e. The fraction of sp³-hybridized carbons (Fsp3) is 0.400. The van der Waals surface area contributed by atoms with E-state index >= 15 is 0 Å². The summed E-state index contributed by atoms with van der Waals surface area (Å²) in [4.78, 5) is 0. The molecule has 0 atom stereocenters. The number of allylic oxidation sites excluding steroid dienone is 1. The van der Waals surface area contributed by atoms with Gasteiger partial charge in [-0.3, -0.25) is 0 Å². The van der Waals surface area contributed by atoms with Crippen molar-refractivity contribution < 1.29 is 9.84 Å². The van der Waals surface area contributed by atoms with E-state index in [4.69, 9.17) is 0 Å². The summed E-state index contributed by atoms with van der Waals surface area (Å²) >= 11 is 0. The smallest absolute Gasteiger partial charge is 0.129 e.